The summed E-state index contributed by atoms with van der Waals surface area (Å²) in [7, 11) is 1.62. The molecule has 0 fully saturated rings. The van der Waals surface area contributed by atoms with E-state index in [0.29, 0.717) is 15.8 Å². The quantitative estimate of drug-likeness (QED) is 0.780. The summed E-state index contributed by atoms with van der Waals surface area (Å²) in [6, 6.07) is 4.99. The molecule has 0 amide bonds. The lowest BCUT2D eigenvalue weighted by atomic mass is 10.2. The molecule has 7 heteroatoms. The molecule has 0 saturated carbocycles. The Kier molecular flexibility index (Phi) is 5.38. The van der Waals surface area contributed by atoms with Gasteiger partial charge in [0.1, 0.15) is 0 Å². The van der Waals surface area contributed by atoms with Gasteiger partial charge in [-0.3, -0.25) is 0 Å². The minimum atomic E-state index is -3.52. The highest BCUT2D eigenvalue weighted by Crippen LogP contribution is 2.32. The molecule has 0 heterocycles. The Bertz CT molecular complexity index is 467. The molecule has 1 aromatic rings. The van der Waals surface area contributed by atoms with Gasteiger partial charge in [-0.1, -0.05) is 36.2 Å². The normalized spacial score (nSPS) is 13.4. The molecule has 1 atom stereocenters. The van der Waals surface area contributed by atoms with Gasteiger partial charge in [-0.05, 0) is 12.1 Å². The second-order valence-corrected chi connectivity index (χ2v) is 7.31. The molecule has 3 nitrogen and oxygen atoms in total. The van der Waals surface area contributed by atoms with Crippen molar-refractivity contribution >= 4 is 42.9 Å². The molecule has 1 unspecified atom stereocenters. The number of hydrogen-bond donors (Lipinski definition) is 0. The lowest BCUT2D eigenvalue weighted by Gasteiger charge is -2.13. The molecular formula is C10H11Cl3O3S. The molecule has 17 heavy (non-hydrogen) atoms. The van der Waals surface area contributed by atoms with Crippen LogP contribution in [-0.4, -0.2) is 20.8 Å². The van der Waals surface area contributed by atoms with Crippen LogP contribution in [0.25, 0.3) is 0 Å². The minimum absolute atomic E-state index is 0.156. The number of para-hydroxylation sites is 1. The third-order valence-electron chi connectivity index (χ3n) is 1.91. The van der Waals surface area contributed by atoms with Gasteiger partial charge in [0.2, 0.25) is 9.05 Å². The maximum absolute atomic E-state index is 10.8. The summed E-state index contributed by atoms with van der Waals surface area (Å²) in [6.45, 7) is 1.89. The summed E-state index contributed by atoms with van der Waals surface area (Å²) in [4.78, 5) is 0. The Morgan fingerprint density at radius 1 is 1.29 bits per heavy atom. The van der Waals surface area contributed by atoms with E-state index in [-0.39, 0.29) is 18.3 Å². The average molecular weight is 318 g/mol. The van der Waals surface area contributed by atoms with Crippen molar-refractivity contribution < 1.29 is 13.2 Å². The third kappa shape index (κ3) is 5.34. The fraction of sp³-hybridized carbons (Fsp3) is 0.400. The highest BCUT2D eigenvalue weighted by Gasteiger charge is 2.15. The fourth-order valence-corrected chi connectivity index (χ4v) is 3.16. The highest BCUT2D eigenvalue weighted by atomic mass is 35.7. The summed E-state index contributed by atoms with van der Waals surface area (Å²) < 4.78 is 27.1. The second kappa shape index (κ2) is 6.14. The van der Waals surface area contributed by atoms with E-state index in [0.717, 1.165) is 0 Å². The van der Waals surface area contributed by atoms with Crippen molar-refractivity contribution in [1.82, 2.24) is 0 Å². The van der Waals surface area contributed by atoms with Gasteiger partial charge in [-0.2, -0.15) is 0 Å². The second-order valence-electron chi connectivity index (χ2n) is 3.67. The van der Waals surface area contributed by atoms with Gasteiger partial charge in [0, 0.05) is 16.6 Å². The smallest absolute Gasteiger partial charge is 0.232 e. The van der Waals surface area contributed by atoms with E-state index >= 15 is 0 Å². The van der Waals surface area contributed by atoms with Crippen molar-refractivity contribution in [3.05, 3.63) is 28.2 Å². The van der Waals surface area contributed by atoms with Crippen LogP contribution in [0.4, 0.5) is 0 Å². The van der Waals surface area contributed by atoms with Gasteiger partial charge in [0.25, 0.3) is 0 Å². The zero-order chi connectivity index (χ0) is 13.1. The zero-order valence-electron chi connectivity index (χ0n) is 8.99. The zero-order valence-corrected chi connectivity index (χ0v) is 12.1. The maximum atomic E-state index is 10.8. The van der Waals surface area contributed by atoms with Crippen molar-refractivity contribution in [1.29, 1.82) is 0 Å². The molecule has 0 radical (unpaired) electrons. The van der Waals surface area contributed by atoms with Crippen molar-refractivity contribution in [2.75, 3.05) is 12.4 Å². The van der Waals surface area contributed by atoms with E-state index in [9.17, 15) is 8.42 Å². The third-order valence-corrected chi connectivity index (χ3v) is 3.86. The maximum Gasteiger partial charge on any atom is 0.232 e. The van der Waals surface area contributed by atoms with Gasteiger partial charge < -0.3 is 4.74 Å². The summed E-state index contributed by atoms with van der Waals surface area (Å²) in [5, 5.41) is 0.775. The summed E-state index contributed by atoms with van der Waals surface area (Å²) in [6.07, 6.45) is 0. The molecule has 0 saturated heterocycles. The average Bonchev–Trinajstić information content (AvgIpc) is 2.14. The van der Waals surface area contributed by atoms with E-state index < -0.39 is 9.05 Å². The van der Waals surface area contributed by atoms with Gasteiger partial charge >= 0.3 is 0 Å². The van der Waals surface area contributed by atoms with Gasteiger partial charge in [0.05, 0.1) is 22.4 Å². The number of benzene rings is 1. The van der Waals surface area contributed by atoms with Gasteiger partial charge in [-0.15, -0.1) is 0 Å². The van der Waals surface area contributed by atoms with Crippen LogP contribution >= 0.6 is 33.9 Å². The van der Waals surface area contributed by atoms with Crippen LogP contribution in [0.2, 0.25) is 10.0 Å². The molecule has 0 bridgehead atoms. The predicted octanol–water partition coefficient (Wildman–Crippen LogP) is 3.58. The standard InChI is InChI=1S/C10H11Cl3O3S/c1-7(6-17(13,14)15)5-16-10-8(11)3-2-4-9(10)12/h2-4,7H,5-6H2,1H3. The first-order chi connectivity index (χ1) is 7.79. The van der Waals surface area contributed by atoms with E-state index in [1.165, 1.54) is 0 Å². The van der Waals surface area contributed by atoms with Crippen LogP contribution in [0.1, 0.15) is 6.92 Å². The van der Waals surface area contributed by atoms with Gasteiger partial charge in [0.15, 0.2) is 5.75 Å². The van der Waals surface area contributed by atoms with Crippen molar-refractivity contribution in [3.8, 4) is 5.75 Å². The predicted molar refractivity (Wildman–Crippen MR) is 70.8 cm³/mol. The highest BCUT2D eigenvalue weighted by molar-refractivity contribution is 8.13. The Balaban J connectivity index is 2.62. The largest absolute Gasteiger partial charge is 0.490 e. The van der Waals surface area contributed by atoms with Crippen LogP contribution in [-0.2, 0) is 9.05 Å². The van der Waals surface area contributed by atoms with Crippen LogP contribution in [0.15, 0.2) is 18.2 Å². The molecule has 0 N–H and O–H groups in total. The topological polar surface area (TPSA) is 43.4 Å². The molecule has 96 valence electrons. The first-order valence-electron chi connectivity index (χ1n) is 4.78. The Labute approximate surface area is 115 Å². The monoisotopic (exact) mass is 316 g/mol. The molecule has 1 rings (SSSR count). The number of hydrogen-bond acceptors (Lipinski definition) is 3. The Hall–Kier alpha value is -0.160. The summed E-state index contributed by atoms with van der Waals surface area (Å²) >= 11 is 11.8. The van der Waals surface area contributed by atoms with Crippen LogP contribution in [0.5, 0.6) is 5.75 Å². The Morgan fingerprint density at radius 3 is 2.29 bits per heavy atom. The SMILES string of the molecule is CC(COc1c(Cl)cccc1Cl)CS(=O)(=O)Cl. The van der Waals surface area contributed by atoms with E-state index in [2.05, 4.69) is 0 Å². The first-order valence-corrected chi connectivity index (χ1v) is 8.02. The number of halogens is 3. The number of rotatable bonds is 5. The van der Waals surface area contributed by atoms with Crippen LogP contribution in [0, 0.1) is 5.92 Å². The van der Waals surface area contributed by atoms with Crippen molar-refractivity contribution in [2.45, 2.75) is 6.92 Å². The molecule has 0 aliphatic heterocycles. The van der Waals surface area contributed by atoms with E-state index in [4.69, 9.17) is 38.6 Å². The van der Waals surface area contributed by atoms with Crippen LogP contribution < -0.4 is 4.74 Å². The minimum Gasteiger partial charge on any atom is -0.490 e. The molecule has 0 aromatic heterocycles. The molecule has 0 aliphatic rings. The fourth-order valence-electron chi connectivity index (χ4n) is 1.23. The molecule has 1 aromatic carbocycles. The van der Waals surface area contributed by atoms with Crippen molar-refractivity contribution in [3.63, 3.8) is 0 Å². The summed E-state index contributed by atoms with van der Waals surface area (Å²) in [5.41, 5.74) is 0. The van der Waals surface area contributed by atoms with E-state index in [1.807, 2.05) is 0 Å². The van der Waals surface area contributed by atoms with E-state index in [1.54, 1.807) is 25.1 Å². The first kappa shape index (κ1) is 14.9. The molecule has 0 aliphatic carbocycles. The Morgan fingerprint density at radius 2 is 1.82 bits per heavy atom. The summed E-state index contributed by atoms with van der Waals surface area (Å²) in [5.74, 6) is -0.0455. The van der Waals surface area contributed by atoms with Crippen molar-refractivity contribution in [2.24, 2.45) is 5.92 Å². The lowest BCUT2D eigenvalue weighted by molar-refractivity contribution is 0.272. The van der Waals surface area contributed by atoms with Crippen LogP contribution in [0.3, 0.4) is 0 Å². The molecule has 0 spiro atoms. The molecular weight excluding hydrogens is 307 g/mol. The van der Waals surface area contributed by atoms with Gasteiger partial charge in [-0.25, -0.2) is 8.42 Å². The lowest BCUT2D eigenvalue weighted by Crippen LogP contribution is -2.16. The number of ether oxygens (including phenoxy) is 1.